The summed E-state index contributed by atoms with van der Waals surface area (Å²) in [6.45, 7) is 2.93. The van der Waals surface area contributed by atoms with Gasteiger partial charge >= 0.3 is 5.97 Å². The lowest BCUT2D eigenvalue weighted by Gasteiger charge is -2.28. The smallest absolute Gasteiger partial charge is 0.307 e. The maximum atomic E-state index is 11.0. The maximum absolute atomic E-state index is 11.0. The van der Waals surface area contributed by atoms with Gasteiger partial charge in [-0.05, 0) is 43.5 Å². The number of carbonyl (C=O) groups is 1. The number of rotatable bonds is 5. The van der Waals surface area contributed by atoms with Crippen molar-refractivity contribution in [1.82, 2.24) is 0 Å². The molecule has 104 valence electrons. The molecule has 1 heterocycles. The van der Waals surface area contributed by atoms with Crippen molar-refractivity contribution in [2.75, 3.05) is 37.0 Å². The number of benzene rings is 1. The second-order valence-electron chi connectivity index (χ2n) is 4.85. The Labute approximate surface area is 114 Å². The lowest BCUT2D eigenvalue weighted by molar-refractivity contribution is -0.140. The van der Waals surface area contributed by atoms with Gasteiger partial charge in [-0.25, -0.2) is 0 Å². The molecular weight excluding hydrogens is 240 g/mol. The van der Waals surface area contributed by atoms with E-state index in [4.69, 9.17) is 0 Å². The van der Waals surface area contributed by atoms with E-state index in [0.29, 0.717) is 13.0 Å². The van der Waals surface area contributed by atoms with Gasteiger partial charge in [-0.3, -0.25) is 4.79 Å². The normalized spacial score (nSPS) is 15.1. The number of methoxy groups -OCH3 is 1. The molecule has 0 saturated carbocycles. The van der Waals surface area contributed by atoms with Crippen molar-refractivity contribution in [3.8, 4) is 0 Å². The van der Waals surface area contributed by atoms with Crippen LogP contribution in [0.5, 0.6) is 0 Å². The summed E-state index contributed by atoms with van der Waals surface area (Å²) in [7, 11) is 1.41. The average molecular weight is 262 g/mol. The summed E-state index contributed by atoms with van der Waals surface area (Å²) in [6, 6.07) is 8.43. The number of hydrogen-bond acceptors (Lipinski definition) is 4. The third-order valence-corrected chi connectivity index (χ3v) is 3.47. The fourth-order valence-corrected chi connectivity index (χ4v) is 2.35. The Balaban J connectivity index is 1.82. The van der Waals surface area contributed by atoms with Crippen LogP contribution in [-0.4, -0.2) is 32.7 Å². The zero-order chi connectivity index (χ0) is 13.5. The summed E-state index contributed by atoms with van der Waals surface area (Å²) in [4.78, 5) is 13.4. The second kappa shape index (κ2) is 7.02. The summed E-state index contributed by atoms with van der Waals surface area (Å²) in [5.41, 5.74) is 2.34. The highest BCUT2D eigenvalue weighted by Crippen LogP contribution is 2.21. The van der Waals surface area contributed by atoms with Crippen molar-refractivity contribution >= 4 is 17.3 Å². The van der Waals surface area contributed by atoms with Crippen molar-refractivity contribution in [2.24, 2.45) is 0 Å². The van der Waals surface area contributed by atoms with Gasteiger partial charge in [0, 0.05) is 31.0 Å². The molecule has 0 radical (unpaired) electrons. The quantitative estimate of drug-likeness (QED) is 0.828. The third-order valence-electron chi connectivity index (χ3n) is 3.47. The molecule has 0 bridgehead atoms. The van der Waals surface area contributed by atoms with Crippen molar-refractivity contribution in [1.29, 1.82) is 0 Å². The van der Waals surface area contributed by atoms with Crippen molar-refractivity contribution in [3.05, 3.63) is 24.3 Å². The number of carbonyl (C=O) groups excluding carboxylic acids is 1. The SMILES string of the molecule is COC(=O)CCNc1ccc(N2CCCCC2)cc1. The third kappa shape index (κ3) is 4.16. The molecule has 0 unspecified atom stereocenters. The van der Waals surface area contributed by atoms with Crippen LogP contribution in [0, 0.1) is 0 Å². The van der Waals surface area contributed by atoms with Gasteiger partial charge in [0.2, 0.25) is 0 Å². The highest BCUT2D eigenvalue weighted by Gasteiger charge is 2.10. The highest BCUT2D eigenvalue weighted by atomic mass is 16.5. The van der Waals surface area contributed by atoms with Gasteiger partial charge in [0.15, 0.2) is 0 Å². The van der Waals surface area contributed by atoms with E-state index in [0.717, 1.165) is 18.8 Å². The van der Waals surface area contributed by atoms with Crippen LogP contribution in [0.2, 0.25) is 0 Å². The summed E-state index contributed by atoms with van der Waals surface area (Å²) < 4.78 is 4.60. The molecular formula is C15H22N2O2. The Morgan fingerprint density at radius 1 is 1.21 bits per heavy atom. The van der Waals surface area contributed by atoms with E-state index in [1.54, 1.807) is 0 Å². The topological polar surface area (TPSA) is 41.6 Å². The van der Waals surface area contributed by atoms with Crippen LogP contribution in [0.15, 0.2) is 24.3 Å². The van der Waals surface area contributed by atoms with Crippen molar-refractivity contribution < 1.29 is 9.53 Å². The number of anilines is 2. The lowest BCUT2D eigenvalue weighted by atomic mass is 10.1. The Bertz CT molecular complexity index is 397. The Morgan fingerprint density at radius 2 is 1.89 bits per heavy atom. The standard InChI is InChI=1S/C15H22N2O2/c1-19-15(18)9-10-16-13-5-7-14(8-6-13)17-11-3-2-4-12-17/h5-8,16H,2-4,9-12H2,1H3. The number of esters is 1. The lowest BCUT2D eigenvalue weighted by Crippen LogP contribution is -2.29. The van der Waals surface area contributed by atoms with E-state index in [-0.39, 0.29) is 5.97 Å². The van der Waals surface area contributed by atoms with Crippen LogP contribution in [-0.2, 0) is 9.53 Å². The Kier molecular flexibility index (Phi) is 5.07. The number of piperidine rings is 1. The van der Waals surface area contributed by atoms with E-state index in [2.05, 4.69) is 39.2 Å². The number of hydrogen-bond donors (Lipinski definition) is 1. The molecule has 1 N–H and O–H groups in total. The molecule has 0 atom stereocenters. The van der Waals surface area contributed by atoms with Crippen LogP contribution in [0.4, 0.5) is 11.4 Å². The van der Waals surface area contributed by atoms with E-state index >= 15 is 0 Å². The van der Waals surface area contributed by atoms with Crippen molar-refractivity contribution in [2.45, 2.75) is 25.7 Å². The zero-order valence-electron chi connectivity index (χ0n) is 11.5. The molecule has 1 aromatic rings. The molecule has 0 aliphatic carbocycles. The minimum Gasteiger partial charge on any atom is -0.469 e. The zero-order valence-corrected chi connectivity index (χ0v) is 11.5. The first kappa shape index (κ1) is 13.7. The summed E-state index contributed by atoms with van der Waals surface area (Å²) >= 11 is 0. The summed E-state index contributed by atoms with van der Waals surface area (Å²) in [5.74, 6) is -0.183. The first-order valence-electron chi connectivity index (χ1n) is 6.95. The minimum atomic E-state index is -0.183. The molecule has 1 aliphatic heterocycles. The van der Waals surface area contributed by atoms with Crippen molar-refractivity contribution in [3.63, 3.8) is 0 Å². The van der Waals surface area contributed by atoms with Crippen LogP contribution in [0.3, 0.4) is 0 Å². The molecule has 1 fully saturated rings. The van der Waals surface area contributed by atoms with E-state index < -0.39 is 0 Å². The van der Waals surface area contributed by atoms with Gasteiger partial charge in [0.25, 0.3) is 0 Å². The fraction of sp³-hybridized carbons (Fsp3) is 0.533. The largest absolute Gasteiger partial charge is 0.469 e. The first-order valence-corrected chi connectivity index (χ1v) is 6.95. The number of nitrogens with zero attached hydrogens (tertiary/aromatic N) is 1. The first-order chi connectivity index (χ1) is 9.29. The van der Waals surface area contributed by atoms with Gasteiger partial charge in [-0.1, -0.05) is 0 Å². The highest BCUT2D eigenvalue weighted by molar-refractivity contribution is 5.70. The predicted molar refractivity (Wildman–Crippen MR) is 77.6 cm³/mol. The molecule has 0 amide bonds. The molecule has 1 aliphatic rings. The van der Waals surface area contributed by atoms with Gasteiger partial charge in [0.1, 0.15) is 0 Å². The molecule has 4 heteroatoms. The van der Waals surface area contributed by atoms with E-state index in [1.807, 2.05) is 0 Å². The van der Waals surface area contributed by atoms with Gasteiger partial charge in [0.05, 0.1) is 13.5 Å². The molecule has 1 aromatic carbocycles. The molecule has 19 heavy (non-hydrogen) atoms. The number of ether oxygens (including phenoxy) is 1. The van der Waals surface area contributed by atoms with E-state index in [1.165, 1.54) is 32.1 Å². The second-order valence-corrected chi connectivity index (χ2v) is 4.85. The molecule has 1 saturated heterocycles. The fourth-order valence-electron chi connectivity index (χ4n) is 2.35. The van der Waals surface area contributed by atoms with Crippen LogP contribution in [0.25, 0.3) is 0 Å². The van der Waals surface area contributed by atoms with Gasteiger partial charge in [-0.15, -0.1) is 0 Å². The van der Waals surface area contributed by atoms with E-state index in [9.17, 15) is 4.79 Å². The maximum Gasteiger partial charge on any atom is 0.307 e. The minimum absolute atomic E-state index is 0.183. The Morgan fingerprint density at radius 3 is 2.53 bits per heavy atom. The summed E-state index contributed by atoms with van der Waals surface area (Å²) in [5, 5.41) is 3.22. The molecule has 2 rings (SSSR count). The Hall–Kier alpha value is -1.71. The van der Waals surface area contributed by atoms with Crippen LogP contribution in [0.1, 0.15) is 25.7 Å². The molecule has 0 aromatic heterocycles. The molecule has 0 spiro atoms. The van der Waals surface area contributed by atoms with Crippen LogP contribution >= 0.6 is 0 Å². The van der Waals surface area contributed by atoms with Gasteiger partial charge < -0.3 is 15.0 Å². The number of nitrogens with one attached hydrogen (secondary N) is 1. The van der Waals surface area contributed by atoms with Gasteiger partial charge in [-0.2, -0.15) is 0 Å². The predicted octanol–water partition coefficient (Wildman–Crippen LogP) is 2.65. The summed E-state index contributed by atoms with van der Waals surface area (Å²) in [6.07, 6.45) is 4.33. The average Bonchev–Trinajstić information content (AvgIpc) is 2.48. The monoisotopic (exact) mass is 262 g/mol. The van der Waals surface area contributed by atoms with Crippen LogP contribution < -0.4 is 10.2 Å². The molecule has 4 nitrogen and oxygen atoms in total.